The minimum Gasteiger partial charge on any atom is -0.306 e. The first kappa shape index (κ1) is 14.5. The van der Waals surface area contributed by atoms with Crippen LogP contribution in [0.1, 0.15) is 24.1 Å². The molecule has 0 saturated heterocycles. The zero-order chi connectivity index (χ0) is 13.8. The Morgan fingerprint density at radius 2 is 1.89 bits per heavy atom. The van der Waals surface area contributed by atoms with E-state index >= 15 is 0 Å². The summed E-state index contributed by atoms with van der Waals surface area (Å²) < 4.78 is 13.7. The highest BCUT2D eigenvalue weighted by atomic mass is 79.9. The second kappa shape index (κ2) is 6.51. The Balaban J connectivity index is 1.98. The van der Waals surface area contributed by atoms with Crippen LogP contribution in [-0.2, 0) is 6.54 Å². The summed E-state index contributed by atoms with van der Waals surface area (Å²) in [6.07, 6.45) is 0. The van der Waals surface area contributed by atoms with E-state index in [-0.39, 0.29) is 11.9 Å². The third-order valence-corrected chi connectivity index (χ3v) is 3.83. The molecule has 4 heteroatoms. The van der Waals surface area contributed by atoms with Crippen LogP contribution in [0.4, 0.5) is 4.39 Å². The lowest BCUT2D eigenvalue weighted by Gasteiger charge is -2.15. The minimum atomic E-state index is -0.242. The summed E-state index contributed by atoms with van der Waals surface area (Å²) in [5.41, 5.74) is 2.21. The molecular formula is C15H14BrClFN. The molecule has 0 aliphatic heterocycles. The Bertz CT molecular complexity index is 557. The molecule has 0 bridgehead atoms. The van der Waals surface area contributed by atoms with Crippen LogP contribution in [0.15, 0.2) is 46.9 Å². The van der Waals surface area contributed by atoms with Crippen molar-refractivity contribution in [3.63, 3.8) is 0 Å². The van der Waals surface area contributed by atoms with Crippen LogP contribution in [0.2, 0.25) is 5.02 Å². The van der Waals surface area contributed by atoms with Crippen molar-refractivity contribution in [2.45, 2.75) is 19.5 Å². The van der Waals surface area contributed by atoms with Gasteiger partial charge >= 0.3 is 0 Å². The van der Waals surface area contributed by atoms with Crippen molar-refractivity contribution < 1.29 is 4.39 Å². The van der Waals surface area contributed by atoms with Gasteiger partial charge in [0.2, 0.25) is 0 Å². The SMILES string of the molecule is CC(NCc1ccc(Cl)cc1)c1ccc(F)c(Br)c1. The highest BCUT2D eigenvalue weighted by molar-refractivity contribution is 9.10. The van der Waals surface area contributed by atoms with E-state index in [1.807, 2.05) is 24.3 Å². The largest absolute Gasteiger partial charge is 0.306 e. The molecule has 0 saturated carbocycles. The molecule has 0 amide bonds. The molecule has 0 heterocycles. The van der Waals surface area contributed by atoms with E-state index in [0.717, 1.165) is 22.7 Å². The smallest absolute Gasteiger partial charge is 0.137 e. The monoisotopic (exact) mass is 341 g/mol. The van der Waals surface area contributed by atoms with Gasteiger partial charge in [0.15, 0.2) is 0 Å². The van der Waals surface area contributed by atoms with Gasteiger partial charge in [-0.1, -0.05) is 29.8 Å². The number of rotatable bonds is 4. The summed E-state index contributed by atoms with van der Waals surface area (Å²) in [6.45, 7) is 2.79. The minimum absolute atomic E-state index is 0.146. The molecule has 0 aromatic heterocycles. The van der Waals surface area contributed by atoms with Gasteiger partial charge in [-0.2, -0.15) is 0 Å². The Morgan fingerprint density at radius 3 is 2.53 bits per heavy atom. The van der Waals surface area contributed by atoms with E-state index < -0.39 is 0 Å². The maximum atomic E-state index is 13.2. The number of hydrogen-bond acceptors (Lipinski definition) is 1. The van der Waals surface area contributed by atoms with Crippen LogP contribution >= 0.6 is 27.5 Å². The van der Waals surface area contributed by atoms with E-state index in [2.05, 4.69) is 28.2 Å². The van der Waals surface area contributed by atoms with Crippen molar-refractivity contribution in [2.24, 2.45) is 0 Å². The first-order valence-corrected chi connectivity index (χ1v) is 7.16. The molecule has 0 fully saturated rings. The van der Waals surface area contributed by atoms with Crippen molar-refractivity contribution >= 4 is 27.5 Å². The molecule has 0 aliphatic rings. The zero-order valence-corrected chi connectivity index (χ0v) is 12.8. The van der Waals surface area contributed by atoms with Gasteiger partial charge in [-0.3, -0.25) is 0 Å². The predicted molar refractivity (Wildman–Crippen MR) is 80.8 cm³/mol. The molecule has 100 valence electrons. The second-order valence-electron chi connectivity index (χ2n) is 4.40. The average Bonchev–Trinajstić information content (AvgIpc) is 2.41. The molecule has 2 aromatic rings. The molecule has 1 N–H and O–H groups in total. The summed E-state index contributed by atoms with van der Waals surface area (Å²) in [5.74, 6) is -0.242. The molecule has 2 rings (SSSR count). The Labute approximate surface area is 125 Å². The first-order chi connectivity index (χ1) is 9.06. The van der Waals surface area contributed by atoms with Crippen LogP contribution < -0.4 is 5.32 Å². The average molecular weight is 343 g/mol. The van der Waals surface area contributed by atoms with Crippen LogP contribution in [0.25, 0.3) is 0 Å². The number of halogens is 3. The molecule has 0 spiro atoms. The Morgan fingerprint density at radius 1 is 1.21 bits per heavy atom. The van der Waals surface area contributed by atoms with Crippen LogP contribution in [0.3, 0.4) is 0 Å². The van der Waals surface area contributed by atoms with Crippen LogP contribution in [-0.4, -0.2) is 0 Å². The third kappa shape index (κ3) is 4.03. The summed E-state index contributed by atoms with van der Waals surface area (Å²) in [7, 11) is 0. The van der Waals surface area contributed by atoms with Crippen molar-refractivity contribution in [3.8, 4) is 0 Å². The molecule has 2 aromatic carbocycles. The normalized spacial score (nSPS) is 12.4. The maximum absolute atomic E-state index is 13.2. The summed E-state index contributed by atoms with van der Waals surface area (Å²) >= 11 is 9.04. The molecule has 1 atom stereocenters. The summed E-state index contributed by atoms with van der Waals surface area (Å²) in [5, 5.41) is 4.13. The molecule has 19 heavy (non-hydrogen) atoms. The van der Waals surface area contributed by atoms with Crippen LogP contribution in [0.5, 0.6) is 0 Å². The van der Waals surface area contributed by atoms with Crippen molar-refractivity contribution in [3.05, 3.63) is 68.9 Å². The van der Waals surface area contributed by atoms with E-state index in [9.17, 15) is 4.39 Å². The van der Waals surface area contributed by atoms with E-state index in [4.69, 9.17) is 11.6 Å². The lowest BCUT2D eigenvalue weighted by atomic mass is 10.1. The maximum Gasteiger partial charge on any atom is 0.137 e. The lowest BCUT2D eigenvalue weighted by Crippen LogP contribution is -2.18. The molecule has 0 radical (unpaired) electrons. The van der Waals surface area contributed by atoms with Crippen molar-refractivity contribution in [1.29, 1.82) is 0 Å². The fourth-order valence-electron chi connectivity index (χ4n) is 1.77. The highest BCUT2D eigenvalue weighted by Gasteiger charge is 2.07. The van der Waals surface area contributed by atoms with Gasteiger partial charge < -0.3 is 5.32 Å². The lowest BCUT2D eigenvalue weighted by molar-refractivity contribution is 0.570. The Kier molecular flexibility index (Phi) is 4.97. The van der Waals surface area contributed by atoms with E-state index in [0.29, 0.717) is 4.47 Å². The Hall–Kier alpha value is -0.900. The first-order valence-electron chi connectivity index (χ1n) is 5.99. The van der Waals surface area contributed by atoms with Gasteiger partial charge in [-0.15, -0.1) is 0 Å². The quantitative estimate of drug-likeness (QED) is 0.816. The van der Waals surface area contributed by atoms with Crippen molar-refractivity contribution in [2.75, 3.05) is 0 Å². The van der Waals surface area contributed by atoms with E-state index in [1.54, 1.807) is 12.1 Å². The molecule has 1 unspecified atom stereocenters. The topological polar surface area (TPSA) is 12.0 Å². The molecule has 1 nitrogen and oxygen atoms in total. The molecular weight excluding hydrogens is 329 g/mol. The van der Waals surface area contributed by atoms with Crippen molar-refractivity contribution in [1.82, 2.24) is 5.32 Å². The summed E-state index contributed by atoms with van der Waals surface area (Å²) in [4.78, 5) is 0. The number of benzene rings is 2. The van der Waals surface area contributed by atoms with E-state index in [1.165, 1.54) is 6.07 Å². The van der Waals surface area contributed by atoms with Gasteiger partial charge in [0, 0.05) is 17.6 Å². The van der Waals surface area contributed by atoms with Gasteiger partial charge in [0.05, 0.1) is 4.47 Å². The van der Waals surface area contributed by atoms with Gasteiger partial charge in [0.1, 0.15) is 5.82 Å². The third-order valence-electron chi connectivity index (χ3n) is 2.97. The zero-order valence-electron chi connectivity index (χ0n) is 10.5. The second-order valence-corrected chi connectivity index (χ2v) is 5.69. The van der Waals surface area contributed by atoms with Gasteiger partial charge in [-0.05, 0) is 58.2 Å². The fourth-order valence-corrected chi connectivity index (χ4v) is 2.30. The summed E-state index contributed by atoms with van der Waals surface area (Å²) in [6, 6.07) is 12.9. The predicted octanol–water partition coefficient (Wildman–Crippen LogP) is 5.09. The highest BCUT2D eigenvalue weighted by Crippen LogP contribution is 2.21. The number of nitrogens with one attached hydrogen (secondary N) is 1. The standard InChI is InChI=1S/C15H14BrClFN/c1-10(12-4-7-15(18)14(16)8-12)19-9-11-2-5-13(17)6-3-11/h2-8,10,19H,9H2,1H3. The molecule has 0 aliphatic carbocycles. The van der Waals surface area contributed by atoms with Gasteiger partial charge in [-0.25, -0.2) is 4.39 Å². The van der Waals surface area contributed by atoms with Crippen LogP contribution in [0, 0.1) is 5.82 Å². The van der Waals surface area contributed by atoms with Gasteiger partial charge in [0.25, 0.3) is 0 Å². The fraction of sp³-hybridized carbons (Fsp3) is 0.200. The number of hydrogen-bond donors (Lipinski definition) is 1.